The van der Waals surface area contributed by atoms with Gasteiger partial charge in [0.05, 0.1) is 0 Å². The van der Waals surface area contributed by atoms with Crippen molar-refractivity contribution < 1.29 is 4.74 Å². The third-order valence-corrected chi connectivity index (χ3v) is 5.98. The highest BCUT2D eigenvalue weighted by Gasteiger charge is 2.22. The van der Waals surface area contributed by atoms with Gasteiger partial charge in [-0.05, 0) is 57.9 Å². The van der Waals surface area contributed by atoms with Gasteiger partial charge in [-0.2, -0.15) is 0 Å². The average molecular weight is 413 g/mol. The Morgan fingerprint density at radius 2 is 1.42 bits per heavy atom. The van der Waals surface area contributed by atoms with Crippen molar-refractivity contribution in [2.75, 3.05) is 6.54 Å². The zero-order chi connectivity index (χ0) is 22.2. The lowest BCUT2D eigenvalue weighted by atomic mass is 9.84. The SMILES string of the molecule is Bc1ccc(OCc2ccccc2)c([C@H](CCN(C(C)C)C(C)C)c2ccccc2)c1. The van der Waals surface area contributed by atoms with E-state index in [-0.39, 0.29) is 0 Å². The highest BCUT2D eigenvalue weighted by molar-refractivity contribution is 6.32. The number of rotatable bonds is 10. The van der Waals surface area contributed by atoms with Crippen molar-refractivity contribution in [1.82, 2.24) is 4.90 Å². The molecule has 2 nitrogen and oxygen atoms in total. The predicted molar refractivity (Wildman–Crippen MR) is 135 cm³/mol. The van der Waals surface area contributed by atoms with Crippen LogP contribution in [0.4, 0.5) is 0 Å². The molecule has 1 atom stereocenters. The average Bonchev–Trinajstić information content (AvgIpc) is 2.76. The van der Waals surface area contributed by atoms with Gasteiger partial charge in [-0.3, -0.25) is 4.90 Å². The van der Waals surface area contributed by atoms with Crippen molar-refractivity contribution in [2.24, 2.45) is 0 Å². The van der Waals surface area contributed by atoms with Crippen LogP contribution in [0.2, 0.25) is 0 Å². The number of hydrogen-bond acceptors (Lipinski definition) is 2. The monoisotopic (exact) mass is 413 g/mol. The molecule has 0 saturated carbocycles. The smallest absolute Gasteiger partial charge is 0.139 e. The maximum Gasteiger partial charge on any atom is 0.139 e. The minimum atomic E-state index is 0.298. The Kier molecular flexibility index (Phi) is 8.37. The first kappa shape index (κ1) is 23.2. The van der Waals surface area contributed by atoms with Gasteiger partial charge < -0.3 is 4.74 Å². The first-order valence-corrected chi connectivity index (χ1v) is 11.5. The van der Waals surface area contributed by atoms with Crippen LogP contribution in [0.25, 0.3) is 0 Å². The molecule has 3 heteroatoms. The molecule has 0 radical (unpaired) electrons. The van der Waals surface area contributed by atoms with Crippen LogP contribution in [0.15, 0.2) is 78.9 Å². The summed E-state index contributed by atoms with van der Waals surface area (Å²) in [6, 6.07) is 29.0. The van der Waals surface area contributed by atoms with Gasteiger partial charge in [0.1, 0.15) is 20.2 Å². The predicted octanol–water partition coefficient (Wildman–Crippen LogP) is 5.16. The van der Waals surface area contributed by atoms with E-state index in [0.29, 0.717) is 24.6 Å². The summed E-state index contributed by atoms with van der Waals surface area (Å²) in [5, 5.41) is 0. The van der Waals surface area contributed by atoms with Crippen LogP contribution in [0.5, 0.6) is 5.75 Å². The largest absolute Gasteiger partial charge is 0.489 e. The Bertz CT molecular complexity index is 916. The van der Waals surface area contributed by atoms with Gasteiger partial charge in [-0.1, -0.05) is 78.3 Å². The van der Waals surface area contributed by atoms with Gasteiger partial charge in [0.2, 0.25) is 0 Å². The molecule has 0 bridgehead atoms. The molecule has 0 spiro atoms. The first-order valence-electron chi connectivity index (χ1n) is 11.5. The van der Waals surface area contributed by atoms with Gasteiger partial charge in [0, 0.05) is 23.6 Å². The van der Waals surface area contributed by atoms with E-state index in [4.69, 9.17) is 4.74 Å². The van der Waals surface area contributed by atoms with E-state index in [9.17, 15) is 0 Å². The van der Waals surface area contributed by atoms with E-state index in [0.717, 1.165) is 18.7 Å². The molecule has 0 aliphatic carbocycles. The first-order chi connectivity index (χ1) is 15.0. The lowest BCUT2D eigenvalue weighted by molar-refractivity contribution is 0.170. The molecule has 162 valence electrons. The fourth-order valence-electron chi connectivity index (χ4n) is 4.38. The summed E-state index contributed by atoms with van der Waals surface area (Å²) in [6.45, 7) is 10.8. The molecule has 0 heterocycles. The summed E-state index contributed by atoms with van der Waals surface area (Å²) >= 11 is 0. The fraction of sp³-hybridized carbons (Fsp3) is 0.357. The second-order valence-electron chi connectivity index (χ2n) is 8.99. The van der Waals surface area contributed by atoms with Crippen LogP contribution in [-0.4, -0.2) is 31.4 Å². The van der Waals surface area contributed by atoms with Gasteiger partial charge >= 0.3 is 0 Å². The maximum absolute atomic E-state index is 6.37. The molecule has 0 saturated heterocycles. The maximum atomic E-state index is 6.37. The quantitative estimate of drug-likeness (QED) is 0.426. The summed E-state index contributed by atoms with van der Waals surface area (Å²) in [5.41, 5.74) is 5.10. The number of ether oxygens (including phenoxy) is 1. The van der Waals surface area contributed by atoms with Gasteiger partial charge in [0.15, 0.2) is 0 Å². The molecule has 0 N–H and O–H groups in total. The highest BCUT2D eigenvalue weighted by atomic mass is 16.5. The number of benzene rings is 3. The minimum absolute atomic E-state index is 0.298. The second-order valence-corrected chi connectivity index (χ2v) is 8.99. The Morgan fingerprint density at radius 3 is 2.03 bits per heavy atom. The van der Waals surface area contributed by atoms with Gasteiger partial charge in [0.25, 0.3) is 0 Å². The molecule has 0 amide bonds. The molecule has 3 aromatic carbocycles. The van der Waals surface area contributed by atoms with Crippen LogP contribution in [0.1, 0.15) is 56.7 Å². The van der Waals surface area contributed by atoms with Crippen LogP contribution >= 0.6 is 0 Å². The van der Waals surface area contributed by atoms with E-state index >= 15 is 0 Å². The molecule has 31 heavy (non-hydrogen) atoms. The summed E-state index contributed by atoms with van der Waals surface area (Å²) in [5.74, 6) is 1.29. The summed E-state index contributed by atoms with van der Waals surface area (Å²) in [4.78, 5) is 2.58. The molecule has 3 rings (SSSR count). The number of hydrogen-bond donors (Lipinski definition) is 0. The molecule has 0 fully saturated rings. The van der Waals surface area contributed by atoms with Gasteiger partial charge in [-0.15, -0.1) is 0 Å². The Hall–Kier alpha value is -2.52. The molecule has 3 aromatic rings. The minimum Gasteiger partial charge on any atom is -0.489 e. The van der Waals surface area contributed by atoms with E-state index in [1.165, 1.54) is 22.2 Å². The molecule has 0 aliphatic heterocycles. The van der Waals surface area contributed by atoms with Crippen molar-refractivity contribution in [3.63, 3.8) is 0 Å². The fourth-order valence-corrected chi connectivity index (χ4v) is 4.38. The summed E-state index contributed by atoms with van der Waals surface area (Å²) in [6.07, 6.45) is 1.06. The van der Waals surface area contributed by atoms with E-state index in [1.54, 1.807) is 0 Å². The molecular formula is C28H36BNO. The second kappa shape index (κ2) is 11.2. The zero-order valence-corrected chi connectivity index (χ0v) is 19.7. The topological polar surface area (TPSA) is 12.5 Å². The third kappa shape index (κ3) is 6.48. The third-order valence-electron chi connectivity index (χ3n) is 5.98. The standard InChI is InChI=1S/C28H36BNO/c1-21(2)30(22(3)4)18-17-26(24-13-9-6-10-14-24)27-19-25(29)15-16-28(27)31-20-23-11-7-5-8-12-23/h5-16,19,21-22,26H,17-18,20,29H2,1-4H3/t26-/m1/s1. The van der Waals surface area contributed by atoms with Crippen LogP contribution in [0.3, 0.4) is 0 Å². The van der Waals surface area contributed by atoms with Crippen molar-refractivity contribution in [2.45, 2.75) is 58.7 Å². The lowest BCUT2D eigenvalue weighted by Gasteiger charge is -2.32. The van der Waals surface area contributed by atoms with Crippen LogP contribution in [-0.2, 0) is 6.61 Å². The van der Waals surface area contributed by atoms with Crippen LogP contribution < -0.4 is 10.2 Å². The molecule has 0 unspecified atom stereocenters. The Morgan fingerprint density at radius 1 is 0.806 bits per heavy atom. The zero-order valence-electron chi connectivity index (χ0n) is 19.7. The molecule has 0 aliphatic rings. The van der Waals surface area contributed by atoms with Crippen molar-refractivity contribution in [3.05, 3.63) is 95.6 Å². The molecule has 0 aromatic heterocycles. The lowest BCUT2D eigenvalue weighted by Crippen LogP contribution is -2.38. The summed E-state index contributed by atoms with van der Waals surface area (Å²) in [7, 11) is 2.17. The van der Waals surface area contributed by atoms with E-state index in [2.05, 4.69) is 113 Å². The van der Waals surface area contributed by atoms with Crippen LogP contribution in [0, 0.1) is 0 Å². The van der Waals surface area contributed by atoms with Crippen molar-refractivity contribution in [3.8, 4) is 5.75 Å². The van der Waals surface area contributed by atoms with Crippen molar-refractivity contribution >= 4 is 13.3 Å². The Labute approximate surface area is 189 Å². The van der Waals surface area contributed by atoms with Crippen molar-refractivity contribution in [1.29, 1.82) is 0 Å². The van der Waals surface area contributed by atoms with Gasteiger partial charge in [-0.25, -0.2) is 0 Å². The van der Waals surface area contributed by atoms with E-state index in [1.807, 2.05) is 6.07 Å². The molecular weight excluding hydrogens is 377 g/mol. The number of nitrogens with zero attached hydrogens (tertiary/aromatic N) is 1. The van der Waals surface area contributed by atoms with E-state index < -0.39 is 0 Å². The Balaban J connectivity index is 1.91. The highest BCUT2D eigenvalue weighted by Crippen LogP contribution is 2.35. The normalized spacial score (nSPS) is 12.5. The summed E-state index contributed by atoms with van der Waals surface area (Å²) < 4.78 is 6.37.